The first-order valence-corrected chi connectivity index (χ1v) is 14.8. The zero-order valence-corrected chi connectivity index (χ0v) is 23.3. The number of fused-ring (bicyclic) bond motifs is 1. The number of unbranched alkanes of at least 4 members (excludes halogenated alkanes) is 1. The van der Waals surface area contributed by atoms with Gasteiger partial charge in [0.1, 0.15) is 10.6 Å². The highest BCUT2D eigenvalue weighted by molar-refractivity contribution is 7.89. The molecule has 4 rings (SSSR count). The number of hydrogen-bond acceptors (Lipinski definition) is 5. The van der Waals surface area contributed by atoms with Crippen molar-refractivity contribution in [3.05, 3.63) is 80.0 Å². The standard InChI is InChI=1S/C26H28Cl2N2O4S2/c1-3-4-13-29(36(32,33)24-16-19(27)7-10-22(24)28)17-25(31)30-14-11-23-21(12-15-35-23)26(30)18-5-8-20(34-2)9-6-18/h5-10,12,15-16,26H,3-4,11,13-14,17H2,1-2H3. The Morgan fingerprint density at radius 2 is 1.92 bits per heavy atom. The van der Waals surface area contributed by atoms with Gasteiger partial charge in [-0.1, -0.05) is 48.7 Å². The molecule has 1 amide bonds. The van der Waals surface area contributed by atoms with E-state index in [1.165, 1.54) is 27.4 Å². The van der Waals surface area contributed by atoms with Crippen LogP contribution in [-0.4, -0.2) is 50.3 Å². The van der Waals surface area contributed by atoms with Crippen molar-refractivity contribution in [1.29, 1.82) is 0 Å². The van der Waals surface area contributed by atoms with Gasteiger partial charge in [-0.15, -0.1) is 11.3 Å². The Kier molecular flexibility index (Phi) is 8.63. The van der Waals surface area contributed by atoms with Crippen molar-refractivity contribution in [1.82, 2.24) is 9.21 Å². The van der Waals surface area contributed by atoms with Crippen LogP contribution in [0.2, 0.25) is 10.0 Å². The lowest BCUT2D eigenvalue weighted by atomic mass is 9.93. The predicted molar refractivity (Wildman–Crippen MR) is 145 cm³/mol. The number of amides is 1. The topological polar surface area (TPSA) is 66.9 Å². The lowest BCUT2D eigenvalue weighted by Gasteiger charge is -2.37. The Morgan fingerprint density at radius 1 is 1.17 bits per heavy atom. The summed E-state index contributed by atoms with van der Waals surface area (Å²) in [5.74, 6) is 0.471. The highest BCUT2D eigenvalue weighted by Gasteiger charge is 2.36. The number of carbonyl (C=O) groups is 1. The molecule has 6 nitrogen and oxygen atoms in total. The molecule has 1 aromatic heterocycles. The summed E-state index contributed by atoms with van der Waals surface area (Å²) in [6.45, 7) is 2.40. The minimum Gasteiger partial charge on any atom is -0.497 e. The fraction of sp³-hybridized carbons (Fsp3) is 0.346. The molecule has 3 aromatic rings. The number of hydrogen-bond donors (Lipinski definition) is 0. The SMILES string of the molecule is CCCCN(CC(=O)N1CCc2sccc2C1c1ccc(OC)cc1)S(=O)(=O)c1cc(Cl)ccc1Cl. The minimum absolute atomic E-state index is 0.0744. The minimum atomic E-state index is -4.05. The Hall–Kier alpha value is -2.10. The molecule has 0 fully saturated rings. The van der Waals surface area contributed by atoms with Crippen molar-refractivity contribution in [3.63, 3.8) is 0 Å². The van der Waals surface area contributed by atoms with Crippen LogP contribution in [0.25, 0.3) is 0 Å². The summed E-state index contributed by atoms with van der Waals surface area (Å²) in [6.07, 6.45) is 2.12. The smallest absolute Gasteiger partial charge is 0.245 e. The molecule has 0 spiro atoms. The van der Waals surface area contributed by atoms with Crippen LogP contribution in [-0.2, 0) is 21.2 Å². The van der Waals surface area contributed by atoms with E-state index in [2.05, 4.69) is 0 Å². The van der Waals surface area contributed by atoms with Gasteiger partial charge in [-0.05, 0) is 65.7 Å². The third-order valence-electron chi connectivity index (χ3n) is 6.30. The maximum absolute atomic E-state index is 13.8. The number of ether oxygens (including phenoxy) is 1. The number of sulfonamides is 1. The van der Waals surface area contributed by atoms with Gasteiger partial charge in [0.25, 0.3) is 0 Å². The summed E-state index contributed by atoms with van der Waals surface area (Å²) in [5.41, 5.74) is 2.02. The second-order valence-corrected chi connectivity index (χ2v) is 12.3. The average Bonchev–Trinajstić information content (AvgIpc) is 3.36. The molecule has 2 aromatic carbocycles. The van der Waals surface area contributed by atoms with Crippen molar-refractivity contribution in [3.8, 4) is 5.75 Å². The van der Waals surface area contributed by atoms with E-state index in [0.29, 0.717) is 13.0 Å². The van der Waals surface area contributed by atoms with E-state index in [4.69, 9.17) is 27.9 Å². The number of thiophene rings is 1. The van der Waals surface area contributed by atoms with Crippen LogP contribution in [0, 0.1) is 0 Å². The molecule has 0 saturated heterocycles. The number of benzene rings is 2. The van der Waals surface area contributed by atoms with Crippen LogP contribution in [0.5, 0.6) is 5.75 Å². The van der Waals surface area contributed by atoms with Gasteiger partial charge in [-0.2, -0.15) is 4.31 Å². The molecule has 192 valence electrons. The van der Waals surface area contributed by atoms with E-state index < -0.39 is 10.0 Å². The molecular weight excluding hydrogens is 539 g/mol. The Bertz CT molecular complexity index is 1330. The maximum atomic E-state index is 13.8. The lowest BCUT2D eigenvalue weighted by Crippen LogP contribution is -2.47. The molecule has 1 aliphatic heterocycles. The zero-order valence-electron chi connectivity index (χ0n) is 20.1. The largest absolute Gasteiger partial charge is 0.497 e. The van der Waals surface area contributed by atoms with E-state index >= 15 is 0 Å². The Balaban J connectivity index is 1.67. The van der Waals surface area contributed by atoms with Gasteiger partial charge in [-0.3, -0.25) is 4.79 Å². The maximum Gasteiger partial charge on any atom is 0.245 e. The molecule has 10 heteroatoms. The quantitative estimate of drug-likeness (QED) is 0.317. The third-order valence-corrected chi connectivity index (χ3v) is 9.86. The summed E-state index contributed by atoms with van der Waals surface area (Å²) in [4.78, 5) is 16.7. The normalized spacial score (nSPS) is 15.7. The van der Waals surface area contributed by atoms with Gasteiger partial charge >= 0.3 is 0 Å². The fourth-order valence-electron chi connectivity index (χ4n) is 4.41. The molecule has 1 aliphatic rings. The number of halogens is 2. The van der Waals surface area contributed by atoms with Crippen LogP contribution < -0.4 is 4.74 Å². The monoisotopic (exact) mass is 566 g/mol. The summed E-state index contributed by atoms with van der Waals surface area (Å²) >= 11 is 14.0. The van der Waals surface area contributed by atoms with E-state index in [0.717, 1.165) is 29.7 Å². The average molecular weight is 568 g/mol. The number of rotatable bonds is 9. The lowest BCUT2D eigenvalue weighted by molar-refractivity contribution is -0.133. The van der Waals surface area contributed by atoms with Gasteiger partial charge in [0, 0.05) is 23.0 Å². The number of carbonyl (C=O) groups excluding carboxylic acids is 1. The summed E-state index contributed by atoms with van der Waals surface area (Å²) in [5, 5.41) is 2.37. The predicted octanol–water partition coefficient (Wildman–Crippen LogP) is 6.03. The van der Waals surface area contributed by atoms with Gasteiger partial charge < -0.3 is 9.64 Å². The van der Waals surface area contributed by atoms with E-state index in [1.54, 1.807) is 23.3 Å². The molecular formula is C26H28Cl2N2O4S2. The van der Waals surface area contributed by atoms with Crippen LogP contribution in [0.15, 0.2) is 58.8 Å². The third kappa shape index (κ3) is 5.58. The molecule has 1 unspecified atom stereocenters. The summed E-state index contributed by atoms with van der Waals surface area (Å²) in [6, 6.07) is 13.7. The van der Waals surface area contributed by atoms with Crippen molar-refractivity contribution >= 4 is 50.5 Å². The first-order valence-electron chi connectivity index (χ1n) is 11.7. The molecule has 1 atom stereocenters. The molecule has 0 radical (unpaired) electrons. The Morgan fingerprint density at radius 3 is 2.61 bits per heavy atom. The van der Waals surface area contributed by atoms with Crippen LogP contribution >= 0.6 is 34.5 Å². The number of nitrogens with zero attached hydrogens (tertiary/aromatic N) is 2. The van der Waals surface area contributed by atoms with E-state index in [-0.39, 0.29) is 40.0 Å². The molecule has 0 N–H and O–H groups in total. The zero-order chi connectivity index (χ0) is 25.9. The second-order valence-electron chi connectivity index (χ2n) is 8.58. The molecule has 0 bridgehead atoms. The van der Waals surface area contributed by atoms with Crippen LogP contribution in [0.1, 0.15) is 41.8 Å². The highest BCUT2D eigenvalue weighted by Crippen LogP contribution is 2.38. The van der Waals surface area contributed by atoms with Crippen molar-refractivity contribution in [2.75, 3.05) is 26.7 Å². The first kappa shape index (κ1) is 26.9. The second kappa shape index (κ2) is 11.5. The van der Waals surface area contributed by atoms with Crippen molar-refractivity contribution in [2.45, 2.75) is 37.1 Å². The van der Waals surface area contributed by atoms with E-state index in [1.807, 2.05) is 42.6 Å². The summed E-state index contributed by atoms with van der Waals surface area (Å²) < 4.78 is 33.7. The fourth-order valence-corrected chi connectivity index (χ4v) is 7.47. The summed E-state index contributed by atoms with van der Waals surface area (Å²) in [7, 11) is -2.44. The molecule has 0 saturated carbocycles. The van der Waals surface area contributed by atoms with Crippen LogP contribution in [0.4, 0.5) is 0 Å². The van der Waals surface area contributed by atoms with Gasteiger partial charge in [0.05, 0.1) is 24.7 Å². The molecule has 36 heavy (non-hydrogen) atoms. The highest BCUT2D eigenvalue weighted by atomic mass is 35.5. The van der Waals surface area contributed by atoms with Gasteiger partial charge in [0.15, 0.2) is 0 Å². The molecule has 2 heterocycles. The van der Waals surface area contributed by atoms with Gasteiger partial charge in [-0.25, -0.2) is 8.42 Å². The molecule has 0 aliphatic carbocycles. The van der Waals surface area contributed by atoms with Crippen molar-refractivity contribution in [2.24, 2.45) is 0 Å². The number of methoxy groups -OCH3 is 1. The van der Waals surface area contributed by atoms with E-state index in [9.17, 15) is 13.2 Å². The van der Waals surface area contributed by atoms with Gasteiger partial charge in [0.2, 0.25) is 15.9 Å². The van der Waals surface area contributed by atoms with Crippen LogP contribution in [0.3, 0.4) is 0 Å². The first-order chi connectivity index (χ1) is 17.3. The Labute approximate surface area is 226 Å². The van der Waals surface area contributed by atoms with Crippen molar-refractivity contribution < 1.29 is 17.9 Å².